The molecular formula is C14H23N3O. The molecule has 1 aromatic carbocycles. The fourth-order valence-electron chi connectivity index (χ4n) is 1.61. The molecule has 0 fully saturated rings. The molecule has 0 radical (unpaired) electrons. The van der Waals surface area contributed by atoms with Crippen molar-refractivity contribution < 1.29 is 4.79 Å². The number of benzene rings is 1. The predicted molar refractivity (Wildman–Crippen MR) is 76.1 cm³/mol. The summed E-state index contributed by atoms with van der Waals surface area (Å²) in [6.07, 6.45) is 0. The molecule has 0 aliphatic heterocycles. The van der Waals surface area contributed by atoms with Crippen LogP contribution in [0.15, 0.2) is 24.3 Å². The van der Waals surface area contributed by atoms with Crippen LogP contribution < -0.4 is 10.6 Å². The van der Waals surface area contributed by atoms with Crippen molar-refractivity contribution in [3.8, 4) is 0 Å². The van der Waals surface area contributed by atoms with Crippen molar-refractivity contribution in [2.45, 2.75) is 19.9 Å². The fraction of sp³-hybridized carbons (Fsp3) is 0.500. The number of rotatable bonds is 6. The van der Waals surface area contributed by atoms with E-state index in [1.807, 2.05) is 43.3 Å². The van der Waals surface area contributed by atoms with Gasteiger partial charge in [0.05, 0.1) is 5.56 Å². The summed E-state index contributed by atoms with van der Waals surface area (Å²) in [6.45, 7) is 5.61. The lowest BCUT2D eigenvalue weighted by Gasteiger charge is -2.15. The molecule has 4 heteroatoms. The van der Waals surface area contributed by atoms with E-state index in [0.717, 1.165) is 12.2 Å². The molecule has 1 aromatic rings. The zero-order valence-electron chi connectivity index (χ0n) is 11.7. The summed E-state index contributed by atoms with van der Waals surface area (Å²) in [4.78, 5) is 14.1. The number of nitrogens with zero attached hydrogens (tertiary/aromatic N) is 1. The van der Waals surface area contributed by atoms with E-state index in [0.29, 0.717) is 18.2 Å². The zero-order chi connectivity index (χ0) is 13.5. The van der Waals surface area contributed by atoms with Gasteiger partial charge in [-0.1, -0.05) is 12.1 Å². The fourth-order valence-corrected chi connectivity index (χ4v) is 1.61. The Balaban J connectivity index is 2.66. The molecule has 0 saturated carbocycles. The molecule has 0 bridgehead atoms. The van der Waals surface area contributed by atoms with Crippen molar-refractivity contribution >= 4 is 11.6 Å². The lowest BCUT2D eigenvalue weighted by atomic mass is 10.1. The lowest BCUT2D eigenvalue weighted by molar-refractivity contribution is 0.0952. The van der Waals surface area contributed by atoms with Crippen LogP contribution in [-0.4, -0.2) is 44.0 Å². The van der Waals surface area contributed by atoms with Crippen LogP contribution in [0.1, 0.15) is 24.2 Å². The third-order valence-electron chi connectivity index (χ3n) is 2.46. The van der Waals surface area contributed by atoms with Gasteiger partial charge in [0.2, 0.25) is 0 Å². The molecule has 0 aromatic heterocycles. The molecular weight excluding hydrogens is 226 g/mol. The number of nitrogens with one attached hydrogen (secondary N) is 2. The van der Waals surface area contributed by atoms with Crippen LogP contribution in [0.5, 0.6) is 0 Å². The van der Waals surface area contributed by atoms with Gasteiger partial charge >= 0.3 is 0 Å². The van der Waals surface area contributed by atoms with Gasteiger partial charge in [-0.2, -0.15) is 0 Å². The number of carbonyl (C=O) groups excluding carboxylic acids is 1. The Hall–Kier alpha value is -1.55. The summed E-state index contributed by atoms with van der Waals surface area (Å²) in [5.41, 5.74) is 1.58. The van der Waals surface area contributed by atoms with E-state index < -0.39 is 0 Å². The van der Waals surface area contributed by atoms with Gasteiger partial charge in [-0.15, -0.1) is 0 Å². The first-order valence-corrected chi connectivity index (χ1v) is 6.29. The number of hydrogen-bond acceptors (Lipinski definition) is 3. The van der Waals surface area contributed by atoms with Gasteiger partial charge in [0.25, 0.3) is 5.91 Å². The van der Waals surface area contributed by atoms with Gasteiger partial charge in [-0.25, -0.2) is 0 Å². The standard InChI is InChI=1S/C14H23N3O/c1-11(2)16-13-8-6-5-7-12(13)14(18)15-9-10-17(3)4/h5-8,11,16H,9-10H2,1-4H3,(H,15,18). The number of para-hydroxylation sites is 1. The second-order valence-corrected chi connectivity index (χ2v) is 4.90. The first-order chi connectivity index (χ1) is 8.50. The Morgan fingerprint density at radius 3 is 2.56 bits per heavy atom. The molecule has 0 aliphatic carbocycles. The molecule has 1 rings (SSSR count). The van der Waals surface area contributed by atoms with Crippen LogP contribution >= 0.6 is 0 Å². The van der Waals surface area contributed by atoms with Crippen LogP contribution in [0.25, 0.3) is 0 Å². The minimum Gasteiger partial charge on any atom is -0.382 e. The molecule has 0 atom stereocenters. The Bertz CT molecular complexity index is 388. The van der Waals surface area contributed by atoms with E-state index in [4.69, 9.17) is 0 Å². The topological polar surface area (TPSA) is 44.4 Å². The summed E-state index contributed by atoms with van der Waals surface area (Å²) in [5, 5.41) is 6.21. The summed E-state index contributed by atoms with van der Waals surface area (Å²) >= 11 is 0. The van der Waals surface area contributed by atoms with Crippen molar-refractivity contribution in [1.29, 1.82) is 0 Å². The monoisotopic (exact) mass is 249 g/mol. The first-order valence-electron chi connectivity index (χ1n) is 6.29. The molecule has 18 heavy (non-hydrogen) atoms. The zero-order valence-corrected chi connectivity index (χ0v) is 11.7. The Labute approximate surface area is 109 Å². The van der Waals surface area contributed by atoms with Gasteiger partial charge < -0.3 is 15.5 Å². The normalized spacial score (nSPS) is 10.8. The van der Waals surface area contributed by atoms with Crippen molar-refractivity contribution in [2.24, 2.45) is 0 Å². The van der Waals surface area contributed by atoms with E-state index in [1.165, 1.54) is 0 Å². The third kappa shape index (κ3) is 4.75. The van der Waals surface area contributed by atoms with Crippen molar-refractivity contribution in [3.05, 3.63) is 29.8 Å². The highest BCUT2D eigenvalue weighted by molar-refractivity contribution is 5.99. The van der Waals surface area contributed by atoms with E-state index >= 15 is 0 Å². The van der Waals surface area contributed by atoms with E-state index in [-0.39, 0.29) is 5.91 Å². The Morgan fingerprint density at radius 1 is 1.28 bits per heavy atom. The molecule has 0 saturated heterocycles. The molecule has 4 nitrogen and oxygen atoms in total. The highest BCUT2D eigenvalue weighted by Crippen LogP contribution is 2.15. The van der Waals surface area contributed by atoms with Crippen molar-refractivity contribution in [2.75, 3.05) is 32.5 Å². The van der Waals surface area contributed by atoms with Crippen LogP contribution in [-0.2, 0) is 0 Å². The van der Waals surface area contributed by atoms with Crippen molar-refractivity contribution in [3.63, 3.8) is 0 Å². The van der Waals surface area contributed by atoms with Gasteiger partial charge in [0.15, 0.2) is 0 Å². The van der Waals surface area contributed by atoms with Crippen LogP contribution in [0.2, 0.25) is 0 Å². The van der Waals surface area contributed by atoms with Gasteiger partial charge in [0, 0.05) is 24.8 Å². The first kappa shape index (κ1) is 14.5. The number of anilines is 1. The number of amides is 1. The second-order valence-electron chi connectivity index (χ2n) is 4.90. The summed E-state index contributed by atoms with van der Waals surface area (Å²) < 4.78 is 0. The predicted octanol–water partition coefficient (Wildman–Crippen LogP) is 1.80. The molecule has 0 heterocycles. The highest BCUT2D eigenvalue weighted by atomic mass is 16.1. The maximum atomic E-state index is 12.1. The minimum atomic E-state index is -0.0272. The van der Waals surface area contributed by atoms with Crippen LogP contribution in [0.4, 0.5) is 5.69 Å². The minimum absolute atomic E-state index is 0.0272. The summed E-state index contributed by atoms with van der Waals surface area (Å²) in [7, 11) is 3.97. The van der Waals surface area contributed by atoms with Crippen LogP contribution in [0, 0.1) is 0 Å². The van der Waals surface area contributed by atoms with E-state index in [1.54, 1.807) is 0 Å². The summed E-state index contributed by atoms with van der Waals surface area (Å²) in [6, 6.07) is 7.89. The average Bonchev–Trinajstić information content (AvgIpc) is 2.28. The highest BCUT2D eigenvalue weighted by Gasteiger charge is 2.10. The molecule has 0 unspecified atom stereocenters. The van der Waals surface area contributed by atoms with E-state index in [9.17, 15) is 4.79 Å². The van der Waals surface area contributed by atoms with Crippen LogP contribution in [0.3, 0.4) is 0 Å². The maximum absolute atomic E-state index is 12.1. The number of carbonyl (C=O) groups is 1. The second kappa shape index (κ2) is 7.01. The quantitative estimate of drug-likeness (QED) is 0.808. The molecule has 2 N–H and O–H groups in total. The SMILES string of the molecule is CC(C)Nc1ccccc1C(=O)NCCN(C)C. The Morgan fingerprint density at radius 2 is 1.94 bits per heavy atom. The molecule has 0 aliphatic rings. The third-order valence-corrected chi connectivity index (χ3v) is 2.46. The molecule has 100 valence electrons. The van der Waals surface area contributed by atoms with Gasteiger partial charge in [0.1, 0.15) is 0 Å². The largest absolute Gasteiger partial charge is 0.382 e. The average molecular weight is 249 g/mol. The summed E-state index contributed by atoms with van der Waals surface area (Å²) in [5.74, 6) is -0.0272. The molecule has 0 spiro atoms. The van der Waals surface area contributed by atoms with Crippen molar-refractivity contribution in [1.82, 2.24) is 10.2 Å². The Kier molecular flexibility index (Phi) is 5.65. The van der Waals surface area contributed by atoms with Gasteiger partial charge in [-0.3, -0.25) is 4.79 Å². The van der Waals surface area contributed by atoms with E-state index in [2.05, 4.69) is 24.5 Å². The number of hydrogen-bond donors (Lipinski definition) is 2. The molecule has 1 amide bonds. The van der Waals surface area contributed by atoms with Gasteiger partial charge in [-0.05, 0) is 40.1 Å². The lowest BCUT2D eigenvalue weighted by Crippen LogP contribution is -2.32. The maximum Gasteiger partial charge on any atom is 0.253 e. The number of likely N-dealkylation sites (N-methyl/N-ethyl adjacent to an activating group) is 1. The smallest absolute Gasteiger partial charge is 0.253 e.